The number of rotatable bonds is 1. The molecule has 1 aliphatic rings. The predicted molar refractivity (Wildman–Crippen MR) is 73.2 cm³/mol. The Bertz CT molecular complexity index is 687. The summed E-state index contributed by atoms with van der Waals surface area (Å²) in [5, 5.41) is 2.36. The van der Waals surface area contributed by atoms with Gasteiger partial charge in [-0.2, -0.15) is 0 Å². The van der Waals surface area contributed by atoms with E-state index in [1.807, 2.05) is 36.4 Å². The molecule has 0 radical (unpaired) electrons. The Labute approximate surface area is 110 Å². The van der Waals surface area contributed by atoms with Crippen LogP contribution in [-0.2, 0) is 4.79 Å². The first-order valence-electron chi connectivity index (χ1n) is 5.97. The smallest absolute Gasteiger partial charge is 0.258 e. The Morgan fingerprint density at radius 1 is 0.737 bits per heavy atom. The van der Waals surface area contributed by atoms with E-state index in [1.54, 1.807) is 24.3 Å². The summed E-state index contributed by atoms with van der Waals surface area (Å²) in [7, 11) is 0. The summed E-state index contributed by atoms with van der Waals surface area (Å²) < 4.78 is 0. The number of carbonyl (C=O) groups is 2. The SMILES string of the molecule is O=C1NC(=O)c2ccccc2/C1=C/c1ccccc1. The minimum atomic E-state index is -0.354. The molecule has 2 amide bonds. The summed E-state index contributed by atoms with van der Waals surface area (Å²) in [4.78, 5) is 23.7. The highest BCUT2D eigenvalue weighted by Crippen LogP contribution is 2.25. The molecule has 0 atom stereocenters. The Balaban J connectivity index is 2.16. The lowest BCUT2D eigenvalue weighted by atomic mass is 9.93. The molecule has 19 heavy (non-hydrogen) atoms. The van der Waals surface area contributed by atoms with Crippen molar-refractivity contribution in [3.05, 3.63) is 71.3 Å². The van der Waals surface area contributed by atoms with Gasteiger partial charge in [0.15, 0.2) is 0 Å². The zero-order valence-corrected chi connectivity index (χ0v) is 10.1. The van der Waals surface area contributed by atoms with Crippen LogP contribution in [0, 0.1) is 0 Å². The molecule has 1 heterocycles. The summed E-state index contributed by atoms with van der Waals surface area (Å²) in [5.41, 5.74) is 2.66. The zero-order chi connectivity index (χ0) is 13.2. The van der Waals surface area contributed by atoms with Gasteiger partial charge in [-0.1, -0.05) is 48.5 Å². The second kappa shape index (κ2) is 4.53. The number of carbonyl (C=O) groups excluding carboxylic acids is 2. The second-order valence-corrected chi connectivity index (χ2v) is 4.30. The molecule has 0 bridgehead atoms. The maximum absolute atomic E-state index is 12.0. The van der Waals surface area contributed by atoms with Crippen molar-refractivity contribution in [2.45, 2.75) is 0 Å². The summed E-state index contributed by atoms with van der Waals surface area (Å²) in [5.74, 6) is -0.696. The van der Waals surface area contributed by atoms with E-state index in [1.165, 1.54) is 0 Å². The Morgan fingerprint density at radius 2 is 1.37 bits per heavy atom. The molecule has 3 nitrogen and oxygen atoms in total. The van der Waals surface area contributed by atoms with Gasteiger partial charge in [0.2, 0.25) is 0 Å². The highest BCUT2D eigenvalue weighted by atomic mass is 16.2. The minimum absolute atomic E-state index is 0.342. The molecule has 0 aromatic heterocycles. The molecule has 0 spiro atoms. The highest BCUT2D eigenvalue weighted by Gasteiger charge is 2.26. The molecule has 0 saturated carbocycles. The van der Waals surface area contributed by atoms with Crippen LogP contribution in [0.25, 0.3) is 11.6 Å². The second-order valence-electron chi connectivity index (χ2n) is 4.30. The van der Waals surface area contributed by atoms with E-state index in [0.29, 0.717) is 16.7 Å². The van der Waals surface area contributed by atoms with Crippen LogP contribution in [-0.4, -0.2) is 11.8 Å². The molecule has 3 rings (SSSR count). The Morgan fingerprint density at radius 3 is 2.11 bits per heavy atom. The molecular weight excluding hydrogens is 238 g/mol. The van der Waals surface area contributed by atoms with E-state index in [4.69, 9.17) is 0 Å². The molecule has 2 aromatic carbocycles. The van der Waals surface area contributed by atoms with Gasteiger partial charge in [0, 0.05) is 11.1 Å². The number of hydrogen-bond donors (Lipinski definition) is 1. The lowest BCUT2D eigenvalue weighted by Gasteiger charge is -2.17. The molecule has 92 valence electrons. The van der Waals surface area contributed by atoms with E-state index < -0.39 is 0 Å². The van der Waals surface area contributed by atoms with Gasteiger partial charge in [0.05, 0.1) is 0 Å². The van der Waals surface area contributed by atoms with Crippen LogP contribution in [0.3, 0.4) is 0 Å². The summed E-state index contributed by atoms with van der Waals surface area (Å²) >= 11 is 0. The molecule has 0 unspecified atom stereocenters. The zero-order valence-electron chi connectivity index (χ0n) is 10.1. The highest BCUT2D eigenvalue weighted by molar-refractivity contribution is 6.33. The third-order valence-corrected chi connectivity index (χ3v) is 3.04. The number of nitrogens with one attached hydrogen (secondary N) is 1. The quantitative estimate of drug-likeness (QED) is 0.623. The van der Waals surface area contributed by atoms with E-state index in [9.17, 15) is 9.59 Å². The van der Waals surface area contributed by atoms with Crippen molar-refractivity contribution in [2.75, 3.05) is 0 Å². The van der Waals surface area contributed by atoms with Crippen LogP contribution < -0.4 is 5.32 Å². The van der Waals surface area contributed by atoms with Crippen molar-refractivity contribution in [3.8, 4) is 0 Å². The van der Waals surface area contributed by atoms with Gasteiger partial charge in [-0.25, -0.2) is 0 Å². The third-order valence-electron chi connectivity index (χ3n) is 3.04. The molecule has 2 aromatic rings. The summed E-state index contributed by atoms with van der Waals surface area (Å²) in [6.45, 7) is 0. The first-order chi connectivity index (χ1) is 9.25. The Hall–Kier alpha value is -2.68. The van der Waals surface area contributed by atoms with E-state index >= 15 is 0 Å². The van der Waals surface area contributed by atoms with Crippen molar-refractivity contribution < 1.29 is 9.59 Å². The van der Waals surface area contributed by atoms with Crippen LogP contribution in [0.5, 0.6) is 0 Å². The lowest BCUT2D eigenvalue weighted by Crippen LogP contribution is -2.36. The van der Waals surface area contributed by atoms with Crippen LogP contribution in [0.2, 0.25) is 0 Å². The third kappa shape index (κ3) is 2.06. The van der Waals surface area contributed by atoms with E-state index in [2.05, 4.69) is 5.32 Å². The van der Waals surface area contributed by atoms with Crippen molar-refractivity contribution >= 4 is 23.5 Å². The topological polar surface area (TPSA) is 46.2 Å². The lowest BCUT2D eigenvalue weighted by molar-refractivity contribution is -0.114. The predicted octanol–water partition coefficient (Wildman–Crippen LogP) is 2.50. The largest absolute Gasteiger partial charge is 0.288 e. The van der Waals surface area contributed by atoms with E-state index in [-0.39, 0.29) is 11.8 Å². The molecule has 1 aliphatic heterocycles. The first-order valence-corrected chi connectivity index (χ1v) is 5.97. The van der Waals surface area contributed by atoms with Crippen molar-refractivity contribution in [1.82, 2.24) is 5.32 Å². The summed E-state index contributed by atoms with van der Waals surface area (Å²) in [6.07, 6.45) is 1.79. The molecule has 3 heteroatoms. The number of imide groups is 1. The van der Waals surface area contributed by atoms with Gasteiger partial charge in [0.1, 0.15) is 0 Å². The van der Waals surface area contributed by atoms with Crippen molar-refractivity contribution in [2.24, 2.45) is 0 Å². The number of amides is 2. The molecule has 0 aliphatic carbocycles. The molecule has 0 saturated heterocycles. The molecule has 0 fully saturated rings. The van der Waals surface area contributed by atoms with Gasteiger partial charge in [-0.05, 0) is 23.3 Å². The maximum Gasteiger partial charge on any atom is 0.258 e. The standard InChI is InChI=1S/C16H11NO2/c18-15-13-9-5-4-8-12(13)14(16(19)17-15)10-11-6-2-1-3-7-11/h1-10H,(H,17,18,19)/b14-10-. The van der Waals surface area contributed by atoms with Gasteiger partial charge in [-0.3, -0.25) is 14.9 Å². The van der Waals surface area contributed by atoms with Gasteiger partial charge < -0.3 is 0 Å². The van der Waals surface area contributed by atoms with Crippen LogP contribution in [0.15, 0.2) is 54.6 Å². The van der Waals surface area contributed by atoms with Gasteiger partial charge >= 0.3 is 0 Å². The fourth-order valence-corrected chi connectivity index (χ4v) is 2.14. The fourth-order valence-electron chi connectivity index (χ4n) is 2.14. The first kappa shape index (κ1) is 11.4. The monoisotopic (exact) mass is 249 g/mol. The Kier molecular flexibility index (Phi) is 2.72. The average Bonchev–Trinajstić information content (AvgIpc) is 2.45. The van der Waals surface area contributed by atoms with Crippen LogP contribution in [0.4, 0.5) is 0 Å². The molecular formula is C16H11NO2. The minimum Gasteiger partial charge on any atom is -0.288 e. The average molecular weight is 249 g/mol. The fraction of sp³-hybridized carbons (Fsp3) is 0. The van der Waals surface area contributed by atoms with Crippen LogP contribution >= 0.6 is 0 Å². The van der Waals surface area contributed by atoms with E-state index in [0.717, 1.165) is 5.56 Å². The van der Waals surface area contributed by atoms with Gasteiger partial charge in [0.25, 0.3) is 11.8 Å². The molecule has 1 N–H and O–H groups in total. The number of benzene rings is 2. The normalized spacial score (nSPS) is 16.1. The van der Waals surface area contributed by atoms with Crippen LogP contribution in [0.1, 0.15) is 21.5 Å². The summed E-state index contributed by atoms with van der Waals surface area (Å²) in [6, 6.07) is 16.7. The maximum atomic E-state index is 12.0. The number of hydrogen-bond acceptors (Lipinski definition) is 2. The van der Waals surface area contributed by atoms with Gasteiger partial charge in [-0.15, -0.1) is 0 Å². The van der Waals surface area contributed by atoms with Crippen molar-refractivity contribution in [3.63, 3.8) is 0 Å². The number of fused-ring (bicyclic) bond motifs is 1. The van der Waals surface area contributed by atoms with Crippen molar-refractivity contribution in [1.29, 1.82) is 0 Å².